The van der Waals surface area contributed by atoms with Gasteiger partial charge in [-0.25, -0.2) is 0 Å². The van der Waals surface area contributed by atoms with Crippen molar-refractivity contribution in [1.82, 2.24) is 4.90 Å². The molecule has 0 saturated heterocycles. The topological polar surface area (TPSA) is 86.8 Å². The predicted molar refractivity (Wildman–Crippen MR) is 60.7 cm³/mol. The van der Waals surface area contributed by atoms with E-state index in [1.165, 1.54) is 4.90 Å². The summed E-state index contributed by atoms with van der Waals surface area (Å²) in [5.74, 6) is 0.0927. The molecule has 0 aliphatic heterocycles. The van der Waals surface area contributed by atoms with Gasteiger partial charge in [0, 0.05) is 25.6 Å². The van der Waals surface area contributed by atoms with Crippen LogP contribution in [0.1, 0.15) is 25.7 Å². The number of aliphatic hydroxyl groups excluding tert-OH is 2. The molecule has 1 amide bonds. The van der Waals surface area contributed by atoms with Gasteiger partial charge in [0.25, 0.3) is 0 Å². The van der Waals surface area contributed by atoms with Gasteiger partial charge in [-0.05, 0) is 25.7 Å². The van der Waals surface area contributed by atoms with Crippen LogP contribution in [0.25, 0.3) is 0 Å². The van der Waals surface area contributed by atoms with Crippen LogP contribution in [-0.2, 0) is 4.79 Å². The third kappa shape index (κ3) is 3.73. The van der Waals surface area contributed by atoms with E-state index in [1.54, 1.807) is 7.05 Å². The van der Waals surface area contributed by atoms with Gasteiger partial charge in [0.2, 0.25) is 5.91 Å². The van der Waals surface area contributed by atoms with Crippen LogP contribution in [0, 0.1) is 5.92 Å². The molecule has 1 atom stereocenters. The van der Waals surface area contributed by atoms with Crippen molar-refractivity contribution < 1.29 is 15.0 Å². The lowest BCUT2D eigenvalue weighted by Gasteiger charge is -2.29. The Morgan fingerprint density at radius 3 is 2.50 bits per heavy atom. The Morgan fingerprint density at radius 2 is 2.00 bits per heavy atom. The van der Waals surface area contributed by atoms with Crippen LogP contribution in [-0.4, -0.2) is 53.4 Å². The van der Waals surface area contributed by atoms with E-state index in [0.29, 0.717) is 0 Å². The molecule has 94 valence electrons. The standard InChI is InChI=1S/C11H22N2O3/c1-13(6-10(15)7-14)11(16)8-2-4-9(12)5-3-8/h8-10,14-15H,2-7,12H2,1H3. The van der Waals surface area contributed by atoms with Crippen molar-refractivity contribution in [1.29, 1.82) is 0 Å². The molecule has 1 rings (SSSR count). The number of likely N-dealkylation sites (N-methyl/N-ethyl adjacent to an activating group) is 1. The summed E-state index contributed by atoms with van der Waals surface area (Å²) in [5, 5.41) is 18.0. The first-order chi connectivity index (χ1) is 7.54. The largest absolute Gasteiger partial charge is 0.394 e. The number of amides is 1. The van der Waals surface area contributed by atoms with Crippen molar-refractivity contribution in [2.45, 2.75) is 37.8 Å². The minimum Gasteiger partial charge on any atom is -0.394 e. The van der Waals surface area contributed by atoms with Gasteiger partial charge < -0.3 is 20.8 Å². The van der Waals surface area contributed by atoms with E-state index in [1.807, 2.05) is 0 Å². The SMILES string of the molecule is CN(CC(O)CO)C(=O)C1CCC(N)CC1. The maximum absolute atomic E-state index is 11.9. The lowest BCUT2D eigenvalue weighted by molar-refractivity contribution is -0.136. The molecule has 0 spiro atoms. The van der Waals surface area contributed by atoms with Crippen molar-refractivity contribution in [3.05, 3.63) is 0 Å². The maximum atomic E-state index is 11.9. The second-order valence-electron chi connectivity index (χ2n) is 4.67. The number of nitrogens with two attached hydrogens (primary N) is 1. The summed E-state index contributed by atoms with van der Waals surface area (Å²) in [6.07, 6.45) is 2.61. The third-order valence-electron chi connectivity index (χ3n) is 3.19. The lowest BCUT2D eigenvalue weighted by atomic mass is 9.85. The Kier molecular flexibility index (Phi) is 5.18. The number of hydrogen-bond donors (Lipinski definition) is 3. The second-order valence-corrected chi connectivity index (χ2v) is 4.67. The van der Waals surface area contributed by atoms with Crippen molar-refractivity contribution >= 4 is 5.91 Å². The molecule has 4 N–H and O–H groups in total. The zero-order valence-electron chi connectivity index (χ0n) is 9.80. The number of rotatable bonds is 4. The van der Waals surface area contributed by atoms with E-state index in [9.17, 15) is 9.90 Å². The van der Waals surface area contributed by atoms with E-state index in [2.05, 4.69) is 0 Å². The number of hydrogen-bond acceptors (Lipinski definition) is 4. The lowest BCUT2D eigenvalue weighted by Crippen LogP contribution is -2.41. The molecule has 0 radical (unpaired) electrons. The molecular weight excluding hydrogens is 208 g/mol. The smallest absolute Gasteiger partial charge is 0.225 e. The first kappa shape index (κ1) is 13.4. The molecule has 0 aromatic heterocycles. The number of aliphatic hydroxyl groups is 2. The molecule has 16 heavy (non-hydrogen) atoms. The first-order valence-electron chi connectivity index (χ1n) is 5.84. The molecule has 1 unspecified atom stereocenters. The second kappa shape index (κ2) is 6.18. The predicted octanol–water partition coefficient (Wildman–Crippen LogP) is -0.684. The van der Waals surface area contributed by atoms with Gasteiger partial charge in [-0.2, -0.15) is 0 Å². The minimum absolute atomic E-state index is 0.0377. The summed E-state index contributed by atoms with van der Waals surface area (Å²) in [6, 6.07) is 0.234. The van der Waals surface area contributed by atoms with Crippen LogP contribution in [0.5, 0.6) is 0 Å². The van der Waals surface area contributed by atoms with Gasteiger partial charge >= 0.3 is 0 Å². The Morgan fingerprint density at radius 1 is 1.44 bits per heavy atom. The number of carbonyl (C=O) groups excluding carboxylic acids is 1. The van der Waals surface area contributed by atoms with Crippen LogP contribution < -0.4 is 5.73 Å². The fourth-order valence-electron chi connectivity index (χ4n) is 2.14. The van der Waals surface area contributed by atoms with Crippen LogP contribution in [0.15, 0.2) is 0 Å². The highest BCUT2D eigenvalue weighted by molar-refractivity contribution is 5.78. The van der Waals surface area contributed by atoms with Gasteiger partial charge in [0.15, 0.2) is 0 Å². The first-order valence-corrected chi connectivity index (χ1v) is 5.84. The number of nitrogens with zero attached hydrogens (tertiary/aromatic N) is 1. The van der Waals surface area contributed by atoms with E-state index < -0.39 is 6.10 Å². The highest BCUT2D eigenvalue weighted by atomic mass is 16.3. The molecular formula is C11H22N2O3. The van der Waals surface area contributed by atoms with Gasteiger partial charge in [-0.1, -0.05) is 0 Å². The molecule has 0 bridgehead atoms. The summed E-state index contributed by atoms with van der Waals surface area (Å²) >= 11 is 0. The maximum Gasteiger partial charge on any atom is 0.225 e. The summed E-state index contributed by atoms with van der Waals surface area (Å²) in [4.78, 5) is 13.5. The van der Waals surface area contributed by atoms with Gasteiger partial charge in [0.1, 0.15) is 0 Å². The highest BCUT2D eigenvalue weighted by Gasteiger charge is 2.27. The fourth-order valence-corrected chi connectivity index (χ4v) is 2.14. The van der Waals surface area contributed by atoms with Gasteiger partial charge in [0.05, 0.1) is 12.7 Å². The minimum atomic E-state index is -0.847. The van der Waals surface area contributed by atoms with Crippen molar-refractivity contribution in [2.24, 2.45) is 11.7 Å². The van der Waals surface area contributed by atoms with E-state index in [4.69, 9.17) is 10.8 Å². The van der Waals surface area contributed by atoms with E-state index in [-0.39, 0.29) is 31.0 Å². The third-order valence-corrected chi connectivity index (χ3v) is 3.19. The van der Waals surface area contributed by atoms with Crippen LogP contribution in [0.2, 0.25) is 0 Å². The zero-order valence-corrected chi connectivity index (χ0v) is 9.80. The Balaban J connectivity index is 2.38. The molecule has 1 saturated carbocycles. The molecule has 0 heterocycles. The van der Waals surface area contributed by atoms with Gasteiger partial charge in [-0.15, -0.1) is 0 Å². The highest BCUT2D eigenvalue weighted by Crippen LogP contribution is 2.24. The quantitative estimate of drug-likeness (QED) is 0.597. The van der Waals surface area contributed by atoms with Crippen molar-refractivity contribution in [2.75, 3.05) is 20.2 Å². The zero-order chi connectivity index (χ0) is 12.1. The summed E-state index contributed by atoms with van der Waals surface area (Å²) in [7, 11) is 1.66. The molecule has 0 aromatic rings. The summed E-state index contributed by atoms with van der Waals surface area (Å²) < 4.78 is 0. The van der Waals surface area contributed by atoms with E-state index >= 15 is 0 Å². The molecule has 5 nitrogen and oxygen atoms in total. The average Bonchev–Trinajstić information content (AvgIpc) is 2.28. The summed E-state index contributed by atoms with van der Waals surface area (Å²) in [5.41, 5.74) is 5.78. The molecule has 5 heteroatoms. The Bertz CT molecular complexity index is 227. The van der Waals surface area contributed by atoms with Crippen molar-refractivity contribution in [3.63, 3.8) is 0 Å². The van der Waals surface area contributed by atoms with Crippen LogP contribution in [0.4, 0.5) is 0 Å². The molecule has 0 aromatic carbocycles. The van der Waals surface area contributed by atoms with Crippen LogP contribution in [0.3, 0.4) is 0 Å². The normalized spacial score (nSPS) is 27.5. The Labute approximate surface area is 96.2 Å². The molecule has 1 aliphatic rings. The van der Waals surface area contributed by atoms with Crippen molar-refractivity contribution in [3.8, 4) is 0 Å². The molecule has 1 aliphatic carbocycles. The average molecular weight is 230 g/mol. The van der Waals surface area contributed by atoms with E-state index in [0.717, 1.165) is 25.7 Å². The monoisotopic (exact) mass is 230 g/mol. The molecule has 1 fully saturated rings. The van der Waals surface area contributed by atoms with Crippen LogP contribution >= 0.6 is 0 Å². The summed E-state index contributed by atoms with van der Waals surface area (Å²) in [6.45, 7) is -0.120. The Hall–Kier alpha value is -0.650. The number of carbonyl (C=O) groups is 1. The fraction of sp³-hybridized carbons (Fsp3) is 0.909. The van der Waals surface area contributed by atoms with Gasteiger partial charge in [-0.3, -0.25) is 4.79 Å².